The molecule has 0 aromatic carbocycles. The molecule has 1 aliphatic rings. The summed E-state index contributed by atoms with van der Waals surface area (Å²) in [5, 5.41) is 0.143. The van der Waals surface area contributed by atoms with Crippen LogP contribution in [0.15, 0.2) is 6.33 Å². The van der Waals surface area contributed by atoms with Gasteiger partial charge >= 0.3 is 63.3 Å². The van der Waals surface area contributed by atoms with Gasteiger partial charge in [-0.3, -0.25) is 9.59 Å². The zero-order valence-corrected chi connectivity index (χ0v) is 13.2. The van der Waals surface area contributed by atoms with Crippen LogP contribution in [0.1, 0.15) is 20.3 Å². The van der Waals surface area contributed by atoms with E-state index in [4.69, 9.17) is 26.8 Å². The van der Waals surface area contributed by atoms with Crippen molar-refractivity contribution >= 4 is 92.0 Å². The minimum atomic E-state index is -1.23. The quantitative estimate of drug-likeness (QED) is 0.348. The zero-order chi connectivity index (χ0) is 16.8. The maximum atomic E-state index is 11.9. The van der Waals surface area contributed by atoms with Crippen molar-refractivity contribution in [2.24, 2.45) is 5.92 Å². The van der Waals surface area contributed by atoms with Gasteiger partial charge in [-0.15, -0.1) is 0 Å². The van der Waals surface area contributed by atoms with Crippen LogP contribution in [0.3, 0.4) is 0 Å². The Bertz CT molecular complexity index is 789. The second kappa shape index (κ2) is 7.22. The Labute approximate surface area is 184 Å². The van der Waals surface area contributed by atoms with E-state index >= 15 is 0 Å². The van der Waals surface area contributed by atoms with Gasteiger partial charge in [0.2, 0.25) is 5.95 Å². The summed E-state index contributed by atoms with van der Waals surface area (Å²) in [6.07, 6.45) is 1.68. The van der Waals surface area contributed by atoms with E-state index in [0.29, 0.717) is 17.7 Å². The Morgan fingerprint density at radius 3 is 2.54 bits per heavy atom. The third kappa shape index (κ3) is 3.89. The molecule has 1 fully saturated rings. The fourth-order valence-corrected chi connectivity index (χ4v) is 2.56. The van der Waals surface area contributed by atoms with Crippen LogP contribution in [0.5, 0.6) is 0 Å². The van der Waals surface area contributed by atoms with Crippen LogP contribution < -0.4 is 5.73 Å². The molecule has 2 N–H and O–H groups in total. The average molecular weight is 380 g/mol. The molecule has 0 saturated carbocycles. The number of ether oxygens (including phenoxy) is 2. The predicted molar refractivity (Wildman–Crippen MR) is 86.3 cm³/mol. The SMILES string of the molecule is CC1(C)OC(=O)C(CCn2cnc3c(Cl)nc(N)nc32)C(=O)O1.[KH]. The Balaban J connectivity index is 0.00000208. The summed E-state index contributed by atoms with van der Waals surface area (Å²) >= 11 is 5.95. The number of hydrogen-bond acceptors (Lipinski definition) is 8. The molecule has 3 heterocycles. The Morgan fingerprint density at radius 2 is 1.92 bits per heavy atom. The van der Waals surface area contributed by atoms with Crippen molar-refractivity contribution in [2.75, 3.05) is 5.73 Å². The van der Waals surface area contributed by atoms with Gasteiger partial charge in [-0.2, -0.15) is 9.97 Å². The molecule has 2 aromatic heterocycles. The molecule has 0 aliphatic carbocycles. The van der Waals surface area contributed by atoms with Crippen molar-refractivity contribution < 1.29 is 19.1 Å². The van der Waals surface area contributed by atoms with Crippen LogP contribution in [0.2, 0.25) is 5.15 Å². The number of halogens is 1. The van der Waals surface area contributed by atoms with Gasteiger partial charge < -0.3 is 19.8 Å². The van der Waals surface area contributed by atoms with Crippen LogP contribution in [-0.2, 0) is 25.6 Å². The van der Waals surface area contributed by atoms with Gasteiger partial charge in [0.15, 0.2) is 16.7 Å². The molecule has 3 rings (SSSR count). The van der Waals surface area contributed by atoms with Crippen molar-refractivity contribution in [2.45, 2.75) is 32.6 Å². The summed E-state index contributed by atoms with van der Waals surface area (Å²) in [5.41, 5.74) is 6.40. The molecule has 0 bridgehead atoms. The second-order valence-corrected chi connectivity index (χ2v) is 5.92. The van der Waals surface area contributed by atoms with Crippen LogP contribution in [0.25, 0.3) is 11.2 Å². The Hall–Kier alpha value is -0.784. The number of nitrogens with zero attached hydrogens (tertiary/aromatic N) is 4. The van der Waals surface area contributed by atoms with Crippen molar-refractivity contribution in [1.29, 1.82) is 0 Å². The molecule has 1 aliphatic heterocycles. The first-order valence-electron chi connectivity index (χ1n) is 6.86. The maximum absolute atomic E-state index is 11.9. The summed E-state index contributed by atoms with van der Waals surface area (Å²) in [6, 6.07) is 0. The fourth-order valence-electron chi connectivity index (χ4n) is 2.34. The number of rotatable bonds is 3. The summed E-state index contributed by atoms with van der Waals surface area (Å²) in [5.74, 6) is -3.43. The molecule has 0 spiro atoms. The van der Waals surface area contributed by atoms with Crippen LogP contribution in [0, 0.1) is 5.92 Å². The van der Waals surface area contributed by atoms with E-state index in [1.54, 1.807) is 4.57 Å². The standard InChI is InChI=1S/C13H14ClN5O4.K.H/c1-13(2)22-10(20)6(11(21)23-13)3-4-19-5-16-7-8(14)17-12(15)18-9(7)19;;/h5-6H,3-4H2,1-2H3,(H2,15,17,18);;. The van der Waals surface area contributed by atoms with Crippen molar-refractivity contribution in [3.63, 3.8) is 0 Å². The van der Waals surface area contributed by atoms with Gasteiger partial charge in [0, 0.05) is 20.4 Å². The van der Waals surface area contributed by atoms with E-state index in [-0.39, 0.29) is 68.9 Å². The zero-order valence-electron chi connectivity index (χ0n) is 12.4. The summed E-state index contributed by atoms with van der Waals surface area (Å²) in [6.45, 7) is 3.30. The van der Waals surface area contributed by atoms with Gasteiger partial charge in [0.1, 0.15) is 5.52 Å². The molecular weight excluding hydrogens is 365 g/mol. The number of carbonyl (C=O) groups excluding carboxylic acids is 2. The Kier molecular flexibility index (Phi) is 5.88. The van der Waals surface area contributed by atoms with E-state index in [0.717, 1.165) is 0 Å². The number of imidazole rings is 1. The summed E-state index contributed by atoms with van der Waals surface area (Å²) in [7, 11) is 0. The number of aryl methyl sites for hydroxylation is 1. The molecule has 24 heavy (non-hydrogen) atoms. The van der Waals surface area contributed by atoms with Gasteiger partial charge in [-0.25, -0.2) is 4.98 Å². The molecule has 124 valence electrons. The molecule has 9 nitrogen and oxygen atoms in total. The molecule has 0 amide bonds. The first-order chi connectivity index (χ1) is 10.8. The van der Waals surface area contributed by atoms with Gasteiger partial charge in [0.25, 0.3) is 5.79 Å². The number of nitrogen functional groups attached to an aromatic ring is 1. The van der Waals surface area contributed by atoms with Crippen LogP contribution in [-0.4, -0.2) is 88.6 Å². The van der Waals surface area contributed by atoms with Crippen LogP contribution >= 0.6 is 11.6 Å². The van der Waals surface area contributed by atoms with E-state index < -0.39 is 23.6 Å². The van der Waals surface area contributed by atoms with Gasteiger partial charge in [-0.05, 0) is 6.42 Å². The molecule has 2 aromatic rings. The van der Waals surface area contributed by atoms with Gasteiger partial charge in [-0.1, -0.05) is 11.6 Å². The molecule has 0 atom stereocenters. The molecule has 0 unspecified atom stereocenters. The molecule has 0 radical (unpaired) electrons. The average Bonchev–Trinajstić information content (AvgIpc) is 2.79. The van der Waals surface area contributed by atoms with E-state index in [1.165, 1.54) is 20.2 Å². The number of hydrogen-bond donors (Lipinski definition) is 1. The van der Waals surface area contributed by atoms with Crippen molar-refractivity contribution in [3.8, 4) is 0 Å². The summed E-state index contributed by atoms with van der Waals surface area (Å²) in [4.78, 5) is 35.9. The first kappa shape index (κ1) is 19.5. The van der Waals surface area contributed by atoms with Crippen molar-refractivity contribution in [3.05, 3.63) is 11.5 Å². The number of cyclic esters (lactones) is 2. The van der Waals surface area contributed by atoms with Gasteiger partial charge in [0.05, 0.1) is 6.33 Å². The third-order valence-corrected chi connectivity index (χ3v) is 3.62. The number of carbonyl (C=O) groups is 2. The molecule has 11 heteroatoms. The molecular formula is C13H15ClKN5O4. The minimum absolute atomic E-state index is 0. The number of anilines is 1. The third-order valence-electron chi connectivity index (χ3n) is 3.36. The fraction of sp³-hybridized carbons (Fsp3) is 0.462. The molecule has 1 saturated heterocycles. The van der Waals surface area contributed by atoms with Crippen molar-refractivity contribution in [1.82, 2.24) is 19.5 Å². The first-order valence-corrected chi connectivity index (χ1v) is 7.24. The number of nitrogens with two attached hydrogens (primary N) is 1. The Morgan fingerprint density at radius 1 is 1.29 bits per heavy atom. The van der Waals surface area contributed by atoms with Crippen LogP contribution in [0.4, 0.5) is 5.95 Å². The monoisotopic (exact) mass is 379 g/mol. The number of esters is 2. The topological polar surface area (TPSA) is 122 Å². The van der Waals surface area contributed by atoms with E-state index in [1.807, 2.05) is 0 Å². The van der Waals surface area contributed by atoms with E-state index in [9.17, 15) is 9.59 Å². The predicted octanol–water partition coefficient (Wildman–Crippen LogP) is 0.256. The normalized spacial score (nSPS) is 17.3. The second-order valence-electron chi connectivity index (χ2n) is 5.57. The van der Waals surface area contributed by atoms with E-state index in [2.05, 4.69) is 15.0 Å². The number of fused-ring (bicyclic) bond motifs is 1. The summed E-state index contributed by atoms with van der Waals surface area (Å²) < 4.78 is 11.8. The number of aromatic nitrogens is 4.